The van der Waals surface area contributed by atoms with Crippen LogP contribution in [0.3, 0.4) is 0 Å². The van der Waals surface area contributed by atoms with Gasteiger partial charge in [-0.25, -0.2) is 8.42 Å². The Hall–Kier alpha value is -0.660. The van der Waals surface area contributed by atoms with Crippen LogP contribution in [0.5, 0.6) is 0 Å². The monoisotopic (exact) mass is 330 g/mol. The minimum Gasteiger partial charge on any atom is -0.383 e. The lowest BCUT2D eigenvalue weighted by Crippen LogP contribution is -2.63. The maximum absolute atomic E-state index is 12.8. The number of hydrogen-bond donors (Lipinski definition) is 1. The molecule has 7 heteroatoms. The summed E-state index contributed by atoms with van der Waals surface area (Å²) < 4.78 is 31.7. The van der Waals surface area contributed by atoms with E-state index in [-0.39, 0.29) is 23.7 Å². The second kappa shape index (κ2) is 6.09. The molecule has 1 saturated heterocycles. The predicted octanol–water partition coefficient (Wildman–Crippen LogP) is 0.876. The van der Waals surface area contributed by atoms with E-state index < -0.39 is 15.4 Å². The van der Waals surface area contributed by atoms with Gasteiger partial charge in [-0.3, -0.25) is 4.79 Å². The molecule has 6 nitrogen and oxygen atoms in total. The second-order valence-corrected chi connectivity index (χ2v) is 8.79. The van der Waals surface area contributed by atoms with Crippen LogP contribution < -0.4 is 5.32 Å². The maximum Gasteiger partial charge on any atom is 0.227 e. The number of amides is 1. The van der Waals surface area contributed by atoms with Crippen LogP contribution in [0.15, 0.2) is 0 Å². The number of methoxy groups -OCH3 is 1. The lowest BCUT2D eigenvalue weighted by Gasteiger charge is -2.51. The van der Waals surface area contributed by atoms with Gasteiger partial charge in [0.05, 0.1) is 17.8 Å². The van der Waals surface area contributed by atoms with Gasteiger partial charge in [0, 0.05) is 25.7 Å². The lowest BCUT2D eigenvalue weighted by atomic mass is 9.67. The molecule has 0 unspecified atom stereocenters. The second-order valence-electron chi connectivity index (χ2n) is 6.79. The molecule has 1 aliphatic heterocycles. The van der Waals surface area contributed by atoms with E-state index in [9.17, 15) is 13.2 Å². The Morgan fingerprint density at radius 1 is 1.27 bits per heavy atom. The van der Waals surface area contributed by atoms with Gasteiger partial charge in [0.1, 0.15) is 0 Å². The number of nitrogens with one attached hydrogen (secondary N) is 1. The van der Waals surface area contributed by atoms with Crippen LogP contribution in [0.4, 0.5) is 0 Å². The fourth-order valence-corrected chi connectivity index (χ4v) is 6.32. The van der Waals surface area contributed by atoms with Crippen molar-refractivity contribution in [3.05, 3.63) is 0 Å². The van der Waals surface area contributed by atoms with E-state index in [1.165, 1.54) is 0 Å². The fourth-order valence-electron chi connectivity index (χ4n) is 4.13. The Morgan fingerprint density at radius 2 is 2.05 bits per heavy atom. The van der Waals surface area contributed by atoms with Crippen LogP contribution in [-0.4, -0.2) is 56.7 Å². The molecule has 0 aromatic rings. The van der Waals surface area contributed by atoms with Crippen molar-refractivity contribution in [3.63, 3.8) is 0 Å². The normalized spacial score (nSPS) is 34.9. The summed E-state index contributed by atoms with van der Waals surface area (Å²) >= 11 is 0. The van der Waals surface area contributed by atoms with Crippen molar-refractivity contribution >= 4 is 15.9 Å². The largest absolute Gasteiger partial charge is 0.383 e. The highest BCUT2D eigenvalue weighted by atomic mass is 32.2. The lowest BCUT2D eigenvalue weighted by molar-refractivity contribution is -0.137. The molecule has 0 spiro atoms. The number of sulfonamides is 1. The van der Waals surface area contributed by atoms with Crippen molar-refractivity contribution in [1.82, 2.24) is 9.62 Å². The fraction of sp³-hybridized carbons (Fsp3) is 0.933. The Morgan fingerprint density at radius 3 is 2.73 bits per heavy atom. The predicted molar refractivity (Wildman–Crippen MR) is 82.8 cm³/mol. The first-order chi connectivity index (χ1) is 10.5. The molecule has 2 aliphatic carbocycles. The van der Waals surface area contributed by atoms with E-state index >= 15 is 0 Å². The van der Waals surface area contributed by atoms with Gasteiger partial charge in [-0.1, -0.05) is 12.8 Å². The highest BCUT2D eigenvalue weighted by Crippen LogP contribution is 2.50. The molecule has 1 amide bonds. The summed E-state index contributed by atoms with van der Waals surface area (Å²) in [5.41, 5.74) is -0.528. The van der Waals surface area contributed by atoms with Crippen LogP contribution in [0.1, 0.15) is 44.9 Å². The van der Waals surface area contributed by atoms with E-state index in [0.29, 0.717) is 19.6 Å². The zero-order valence-electron chi connectivity index (χ0n) is 13.2. The first-order valence-electron chi connectivity index (χ1n) is 8.30. The molecule has 0 bridgehead atoms. The third-order valence-corrected chi connectivity index (χ3v) is 7.29. The Labute approximate surface area is 132 Å². The molecular formula is C15H26N2O4S. The highest BCUT2D eigenvalue weighted by molar-refractivity contribution is 7.89. The highest BCUT2D eigenvalue weighted by Gasteiger charge is 2.58. The summed E-state index contributed by atoms with van der Waals surface area (Å²) in [6.45, 7) is 0.969. The summed E-state index contributed by atoms with van der Waals surface area (Å²) in [6.07, 6.45) is 5.97. The number of fused-ring (bicyclic) bond motifs is 1. The third kappa shape index (κ3) is 2.78. The topological polar surface area (TPSA) is 75.7 Å². The molecule has 1 N–H and O–H groups in total. The number of rotatable bonds is 5. The van der Waals surface area contributed by atoms with Gasteiger partial charge in [-0.05, 0) is 32.1 Å². The van der Waals surface area contributed by atoms with Crippen LogP contribution >= 0.6 is 0 Å². The molecular weight excluding hydrogens is 304 g/mol. The van der Waals surface area contributed by atoms with Crippen molar-refractivity contribution in [1.29, 1.82) is 0 Å². The quantitative estimate of drug-likeness (QED) is 0.759. The minimum atomic E-state index is -3.20. The van der Waals surface area contributed by atoms with E-state index in [2.05, 4.69) is 5.32 Å². The summed E-state index contributed by atoms with van der Waals surface area (Å²) in [4.78, 5) is 12.8. The van der Waals surface area contributed by atoms with Crippen molar-refractivity contribution in [2.75, 3.05) is 26.0 Å². The van der Waals surface area contributed by atoms with Gasteiger partial charge in [-0.2, -0.15) is 4.31 Å². The Bertz CT molecular complexity index is 532. The van der Waals surface area contributed by atoms with Gasteiger partial charge in [0.15, 0.2) is 0 Å². The molecule has 3 rings (SSSR count). The molecule has 0 aromatic carbocycles. The van der Waals surface area contributed by atoms with Crippen LogP contribution in [0.2, 0.25) is 0 Å². The Kier molecular flexibility index (Phi) is 4.49. The van der Waals surface area contributed by atoms with E-state index in [4.69, 9.17) is 4.74 Å². The summed E-state index contributed by atoms with van der Waals surface area (Å²) in [7, 11) is -1.59. The number of hydrogen-bond acceptors (Lipinski definition) is 4. The van der Waals surface area contributed by atoms with Crippen molar-refractivity contribution in [2.24, 2.45) is 5.41 Å². The molecule has 22 heavy (non-hydrogen) atoms. The van der Waals surface area contributed by atoms with Gasteiger partial charge in [0.25, 0.3) is 0 Å². The minimum absolute atomic E-state index is 0.0230. The van der Waals surface area contributed by atoms with Crippen LogP contribution in [0.25, 0.3) is 0 Å². The van der Waals surface area contributed by atoms with E-state index in [1.807, 2.05) is 0 Å². The van der Waals surface area contributed by atoms with Crippen LogP contribution in [0, 0.1) is 5.41 Å². The zero-order valence-corrected chi connectivity index (χ0v) is 14.0. The van der Waals surface area contributed by atoms with Gasteiger partial charge in [-0.15, -0.1) is 0 Å². The van der Waals surface area contributed by atoms with Gasteiger partial charge in [0.2, 0.25) is 15.9 Å². The maximum atomic E-state index is 12.8. The summed E-state index contributed by atoms with van der Waals surface area (Å²) in [5, 5.41) is 2.97. The zero-order chi connectivity index (χ0) is 15.8. The van der Waals surface area contributed by atoms with Gasteiger partial charge < -0.3 is 10.1 Å². The number of nitrogens with zero attached hydrogens (tertiary/aromatic N) is 1. The molecule has 1 heterocycles. The molecule has 3 fully saturated rings. The van der Waals surface area contributed by atoms with Gasteiger partial charge >= 0.3 is 0 Å². The third-order valence-electron chi connectivity index (χ3n) is 5.37. The first kappa shape index (κ1) is 16.2. The SMILES string of the molecule is COCCNC(=O)[C@@]12CCCC[C@H]1N(C1CC1)S(=O)(=O)CC2. The smallest absolute Gasteiger partial charge is 0.227 e. The average Bonchev–Trinajstić information content (AvgIpc) is 3.31. The standard InChI is InChI=1S/C15H26N2O4S/c1-21-10-9-16-14(18)15-7-3-2-4-13(15)17(12-5-6-12)22(19,20)11-8-15/h12-13H,2-11H2,1H3,(H,16,18)/t13-,15-/m1/s1. The first-order valence-corrected chi connectivity index (χ1v) is 9.91. The average molecular weight is 330 g/mol. The number of carbonyl (C=O) groups is 1. The molecule has 2 atom stereocenters. The van der Waals surface area contributed by atoms with Crippen molar-refractivity contribution < 1.29 is 17.9 Å². The summed E-state index contributed by atoms with van der Waals surface area (Å²) in [6, 6.07) is -0.00500. The van der Waals surface area contributed by atoms with Crippen LogP contribution in [-0.2, 0) is 19.6 Å². The van der Waals surface area contributed by atoms with E-state index in [1.54, 1.807) is 11.4 Å². The van der Waals surface area contributed by atoms with Crippen molar-refractivity contribution in [2.45, 2.75) is 57.0 Å². The molecule has 2 saturated carbocycles. The Balaban J connectivity index is 1.85. The molecule has 0 radical (unpaired) electrons. The summed E-state index contributed by atoms with van der Waals surface area (Å²) in [5.74, 6) is 0.132. The van der Waals surface area contributed by atoms with E-state index in [0.717, 1.165) is 38.5 Å². The molecule has 3 aliphatic rings. The molecule has 126 valence electrons. The number of carbonyl (C=O) groups excluding carboxylic acids is 1. The van der Waals surface area contributed by atoms with Crippen molar-refractivity contribution in [3.8, 4) is 0 Å². The molecule has 0 aromatic heterocycles. The number of ether oxygens (including phenoxy) is 1.